The number of esters is 1. The van der Waals surface area contributed by atoms with Crippen LogP contribution in [0.15, 0.2) is 0 Å². The second kappa shape index (κ2) is 8.34. The minimum atomic E-state index is -0.955. The van der Waals surface area contributed by atoms with Crippen molar-refractivity contribution in [1.82, 2.24) is 10.2 Å². The Kier molecular flexibility index (Phi) is 7.55. The van der Waals surface area contributed by atoms with Gasteiger partial charge in [0.05, 0.1) is 12.5 Å². The fraction of sp³-hybridized carbons (Fsp3) is 0.750. The molecule has 0 saturated heterocycles. The van der Waals surface area contributed by atoms with Gasteiger partial charge in [0.25, 0.3) is 0 Å². The van der Waals surface area contributed by atoms with E-state index in [4.69, 9.17) is 9.84 Å². The van der Waals surface area contributed by atoms with Gasteiger partial charge in [0, 0.05) is 13.6 Å². The first-order chi connectivity index (χ1) is 8.79. The van der Waals surface area contributed by atoms with Gasteiger partial charge in [-0.3, -0.25) is 9.59 Å². The molecule has 0 fully saturated rings. The van der Waals surface area contributed by atoms with Crippen molar-refractivity contribution in [3.8, 4) is 0 Å². The molecule has 0 aromatic heterocycles. The van der Waals surface area contributed by atoms with Crippen molar-refractivity contribution in [2.45, 2.75) is 20.8 Å². The Hall–Kier alpha value is -1.79. The molecule has 2 amide bonds. The Morgan fingerprint density at radius 3 is 2.32 bits per heavy atom. The number of carboxylic acids is 1. The molecule has 0 aliphatic heterocycles. The van der Waals surface area contributed by atoms with Crippen LogP contribution >= 0.6 is 0 Å². The highest BCUT2D eigenvalue weighted by Gasteiger charge is 2.23. The molecule has 1 atom stereocenters. The summed E-state index contributed by atoms with van der Waals surface area (Å²) >= 11 is 0. The monoisotopic (exact) mass is 274 g/mol. The lowest BCUT2D eigenvalue weighted by Gasteiger charge is -2.20. The predicted octanol–water partition coefficient (Wildman–Crippen LogP) is 0.548. The largest absolute Gasteiger partial charge is 0.481 e. The van der Waals surface area contributed by atoms with Crippen LogP contribution in [0, 0.1) is 11.8 Å². The van der Waals surface area contributed by atoms with E-state index in [1.54, 1.807) is 20.8 Å². The molecule has 7 heteroatoms. The number of ether oxygens (including phenoxy) is 1. The Morgan fingerprint density at radius 2 is 1.89 bits per heavy atom. The van der Waals surface area contributed by atoms with Gasteiger partial charge >= 0.3 is 18.0 Å². The topological polar surface area (TPSA) is 95.9 Å². The standard InChI is InChI=1S/C12H22N2O5/c1-5-19-10(15)7-14(4)12(18)13-6-9(8(2)3)11(16)17/h8-9H,5-7H2,1-4H3,(H,13,18)(H,16,17). The zero-order chi connectivity index (χ0) is 15.0. The third-order valence-electron chi connectivity index (χ3n) is 2.61. The molecule has 1 unspecified atom stereocenters. The van der Waals surface area contributed by atoms with Crippen molar-refractivity contribution in [2.24, 2.45) is 11.8 Å². The molecule has 0 aliphatic rings. The van der Waals surface area contributed by atoms with Crippen molar-refractivity contribution in [3.05, 3.63) is 0 Å². The van der Waals surface area contributed by atoms with Gasteiger partial charge < -0.3 is 20.1 Å². The molecule has 0 spiro atoms. The maximum atomic E-state index is 11.6. The Balaban J connectivity index is 4.22. The number of amides is 2. The van der Waals surface area contributed by atoms with Crippen LogP contribution in [0.4, 0.5) is 4.79 Å². The van der Waals surface area contributed by atoms with Crippen molar-refractivity contribution in [1.29, 1.82) is 0 Å². The van der Waals surface area contributed by atoms with Gasteiger partial charge in [-0.05, 0) is 12.8 Å². The number of rotatable bonds is 7. The number of urea groups is 1. The number of nitrogens with zero attached hydrogens (tertiary/aromatic N) is 1. The van der Waals surface area contributed by atoms with Crippen LogP contribution in [0.25, 0.3) is 0 Å². The van der Waals surface area contributed by atoms with E-state index in [0.29, 0.717) is 0 Å². The number of hydrogen-bond donors (Lipinski definition) is 2. The van der Waals surface area contributed by atoms with Gasteiger partial charge in [0.1, 0.15) is 6.54 Å². The zero-order valence-corrected chi connectivity index (χ0v) is 11.8. The molecule has 0 rings (SSSR count). The lowest BCUT2D eigenvalue weighted by atomic mass is 9.96. The third kappa shape index (κ3) is 6.64. The molecule has 0 radical (unpaired) electrons. The van der Waals surface area contributed by atoms with Gasteiger partial charge in [-0.1, -0.05) is 13.8 Å². The van der Waals surface area contributed by atoms with Crippen LogP contribution in [-0.2, 0) is 14.3 Å². The van der Waals surface area contributed by atoms with E-state index in [9.17, 15) is 14.4 Å². The molecule has 2 N–H and O–H groups in total. The van der Waals surface area contributed by atoms with Crippen LogP contribution in [0.2, 0.25) is 0 Å². The number of aliphatic carboxylic acids is 1. The van der Waals surface area contributed by atoms with Crippen molar-refractivity contribution in [3.63, 3.8) is 0 Å². The minimum Gasteiger partial charge on any atom is -0.481 e. The zero-order valence-electron chi connectivity index (χ0n) is 11.8. The van der Waals surface area contributed by atoms with Crippen LogP contribution < -0.4 is 5.32 Å². The van der Waals surface area contributed by atoms with Crippen LogP contribution in [0.5, 0.6) is 0 Å². The van der Waals surface area contributed by atoms with E-state index in [0.717, 1.165) is 4.90 Å². The molecular weight excluding hydrogens is 252 g/mol. The van der Waals surface area contributed by atoms with Crippen LogP contribution in [0.3, 0.4) is 0 Å². The lowest BCUT2D eigenvalue weighted by molar-refractivity contribution is -0.144. The first-order valence-corrected chi connectivity index (χ1v) is 6.16. The summed E-state index contributed by atoms with van der Waals surface area (Å²) < 4.78 is 4.71. The second-order valence-corrected chi connectivity index (χ2v) is 4.54. The molecule has 0 heterocycles. The summed E-state index contributed by atoms with van der Waals surface area (Å²) in [6.07, 6.45) is 0. The van der Waals surface area contributed by atoms with Gasteiger partial charge in [0.15, 0.2) is 0 Å². The highest BCUT2D eigenvalue weighted by Crippen LogP contribution is 2.09. The Morgan fingerprint density at radius 1 is 1.32 bits per heavy atom. The summed E-state index contributed by atoms with van der Waals surface area (Å²) in [6, 6.07) is -0.500. The second-order valence-electron chi connectivity index (χ2n) is 4.54. The molecule has 19 heavy (non-hydrogen) atoms. The van der Waals surface area contributed by atoms with Gasteiger partial charge in [-0.15, -0.1) is 0 Å². The third-order valence-corrected chi connectivity index (χ3v) is 2.61. The molecule has 0 aliphatic carbocycles. The summed E-state index contributed by atoms with van der Waals surface area (Å²) in [5, 5.41) is 11.5. The number of carbonyl (C=O) groups is 3. The lowest BCUT2D eigenvalue weighted by Crippen LogP contribution is -2.44. The fourth-order valence-electron chi connectivity index (χ4n) is 1.41. The van der Waals surface area contributed by atoms with E-state index < -0.39 is 23.9 Å². The molecule has 0 aromatic rings. The van der Waals surface area contributed by atoms with Crippen molar-refractivity contribution < 1.29 is 24.2 Å². The predicted molar refractivity (Wildman–Crippen MR) is 68.6 cm³/mol. The number of hydrogen-bond acceptors (Lipinski definition) is 4. The number of likely N-dealkylation sites (N-methyl/N-ethyl adjacent to an activating group) is 1. The maximum Gasteiger partial charge on any atom is 0.325 e. The van der Waals surface area contributed by atoms with Crippen molar-refractivity contribution in [2.75, 3.05) is 26.7 Å². The normalized spacial score (nSPS) is 11.8. The van der Waals surface area contributed by atoms with Crippen molar-refractivity contribution >= 4 is 18.0 Å². The smallest absolute Gasteiger partial charge is 0.325 e. The van der Waals surface area contributed by atoms with E-state index in [1.165, 1.54) is 7.05 Å². The molecule has 0 bridgehead atoms. The quantitative estimate of drug-likeness (QED) is 0.661. The molecule has 7 nitrogen and oxygen atoms in total. The number of nitrogens with one attached hydrogen (secondary N) is 1. The average Bonchev–Trinajstić information content (AvgIpc) is 2.27. The molecule has 0 aromatic carbocycles. The summed E-state index contributed by atoms with van der Waals surface area (Å²) in [6.45, 7) is 5.33. The summed E-state index contributed by atoms with van der Waals surface area (Å²) in [7, 11) is 1.44. The molecule has 110 valence electrons. The van der Waals surface area contributed by atoms with Crippen LogP contribution in [-0.4, -0.2) is 54.7 Å². The van der Waals surface area contributed by atoms with Gasteiger partial charge in [-0.2, -0.15) is 0 Å². The summed E-state index contributed by atoms with van der Waals surface area (Å²) in [5.74, 6) is -2.20. The summed E-state index contributed by atoms with van der Waals surface area (Å²) in [5.41, 5.74) is 0. The Bertz CT molecular complexity index is 330. The van der Waals surface area contributed by atoms with E-state index >= 15 is 0 Å². The maximum absolute atomic E-state index is 11.6. The highest BCUT2D eigenvalue weighted by molar-refractivity contribution is 5.81. The number of carboxylic acid groups (broad SMARTS) is 1. The molecular formula is C12H22N2O5. The van der Waals surface area contributed by atoms with E-state index in [-0.39, 0.29) is 25.6 Å². The van der Waals surface area contributed by atoms with Gasteiger partial charge in [-0.25, -0.2) is 4.79 Å². The van der Waals surface area contributed by atoms with Gasteiger partial charge in [0.2, 0.25) is 0 Å². The fourth-order valence-corrected chi connectivity index (χ4v) is 1.41. The average molecular weight is 274 g/mol. The highest BCUT2D eigenvalue weighted by atomic mass is 16.5. The minimum absolute atomic E-state index is 0.0268. The van der Waals surface area contributed by atoms with Crippen LogP contribution in [0.1, 0.15) is 20.8 Å². The number of carbonyl (C=O) groups excluding carboxylic acids is 2. The van der Waals surface area contributed by atoms with E-state index in [2.05, 4.69) is 5.32 Å². The summed E-state index contributed by atoms with van der Waals surface area (Å²) in [4.78, 5) is 34.9. The first-order valence-electron chi connectivity index (χ1n) is 6.16. The molecule has 0 saturated carbocycles. The Labute approximate surface area is 112 Å². The first kappa shape index (κ1) is 17.2. The SMILES string of the molecule is CCOC(=O)CN(C)C(=O)NCC(C(=O)O)C(C)C. The van der Waals surface area contributed by atoms with E-state index in [1.807, 2.05) is 0 Å².